The largest absolute Gasteiger partial charge is 0.444 e. The Balaban J connectivity index is 1.67. The lowest BCUT2D eigenvalue weighted by Gasteiger charge is -2.35. The SMILES string of the molecule is CN1C(=O)NC(=O)C1=Cc1ccnc(N2CCN(C(=O)OC(C)(C)C)CC2)n1. The molecule has 4 amide bonds. The Labute approximate surface area is 163 Å². The molecule has 10 nitrogen and oxygen atoms in total. The first-order valence-corrected chi connectivity index (χ1v) is 9.01. The first-order chi connectivity index (χ1) is 13.1. The monoisotopic (exact) mass is 388 g/mol. The molecule has 0 atom stereocenters. The highest BCUT2D eigenvalue weighted by molar-refractivity contribution is 6.13. The predicted octanol–water partition coefficient (Wildman–Crippen LogP) is 1.06. The van der Waals surface area contributed by atoms with Crippen molar-refractivity contribution in [3.8, 4) is 0 Å². The van der Waals surface area contributed by atoms with E-state index in [2.05, 4.69) is 15.3 Å². The molecule has 1 N–H and O–H groups in total. The van der Waals surface area contributed by atoms with E-state index in [0.29, 0.717) is 37.8 Å². The van der Waals surface area contributed by atoms with Crippen LogP contribution in [0.4, 0.5) is 15.5 Å². The maximum atomic E-state index is 12.2. The van der Waals surface area contributed by atoms with E-state index in [1.54, 1.807) is 23.2 Å². The molecule has 150 valence electrons. The van der Waals surface area contributed by atoms with Crippen molar-refractivity contribution in [1.82, 2.24) is 25.1 Å². The number of carbonyl (C=O) groups is 3. The van der Waals surface area contributed by atoms with Gasteiger partial charge in [0.2, 0.25) is 5.95 Å². The van der Waals surface area contributed by atoms with E-state index in [4.69, 9.17) is 4.74 Å². The normalized spacial score (nSPS) is 19.3. The van der Waals surface area contributed by atoms with Crippen molar-refractivity contribution in [3.05, 3.63) is 23.7 Å². The van der Waals surface area contributed by atoms with Crippen LogP contribution < -0.4 is 10.2 Å². The molecule has 2 fully saturated rings. The van der Waals surface area contributed by atoms with Crippen LogP contribution >= 0.6 is 0 Å². The number of likely N-dealkylation sites (N-methyl/N-ethyl adjacent to an activating group) is 1. The summed E-state index contributed by atoms with van der Waals surface area (Å²) in [5.41, 5.74) is 0.218. The van der Waals surface area contributed by atoms with Crippen LogP contribution in [0.2, 0.25) is 0 Å². The van der Waals surface area contributed by atoms with Crippen molar-refractivity contribution in [2.75, 3.05) is 38.1 Å². The second-order valence-corrected chi connectivity index (χ2v) is 7.58. The third kappa shape index (κ3) is 4.38. The third-order valence-corrected chi connectivity index (χ3v) is 4.28. The molecule has 3 heterocycles. The van der Waals surface area contributed by atoms with Crippen LogP contribution in [0, 0.1) is 0 Å². The van der Waals surface area contributed by atoms with Crippen LogP contribution in [0.1, 0.15) is 26.5 Å². The fraction of sp³-hybridized carbons (Fsp3) is 0.500. The highest BCUT2D eigenvalue weighted by Crippen LogP contribution is 2.17. The number of amides is 4. The van der Waals surface area contributed by atoms with Gasteiger partial charge in [0.25, 0.3) is 5.91 Å². The first kappa shape index (κ1) is 19.6. The Morgan fingerprint density at radius 2 is 1.89 bits per heavy atom. The van der Waals surface area contributed by atoms with Gasteiger partial charge in [-0.15, -0.1) is 0 Å². The molecular weight excluding hydrogens is 364 g/mol. The van der Waals surface area contributed by atoms with Gasteiger partial charge in [-0.25, -0.2) is 19.6 Å². The number of nitrogens with one attached hydrogen (secondary N) is 1. The molecule has 0 bridgehead atoms. The fourth-order valence-corrected chi connectivity index (χ4v) is 2.82. The van der Waals surface area contributed by atoms with Gasteiger partial charge in [0.15, 0.2) is 0 Å². The van der Waals surface area contributed by atoms with Gasteiger partial charge >= 0.3 is 12.1 Å². The maximum Gasteiger partial charge on any atom is 0.410 e. The Morgan fingerprint density at radius 1 is 1.21 bits per heavy atom. The van der Waals surface area contributed by atoms with Gasteiger partial charge < -0.3 is 14.5 Å². The molecule has 0 unspecified atom stereocenters. The molecule has 0 spiro atoms. The van der Waals surface area contributed by atoms with E-state index in [9.17, 15) is 14.4 Å². The molecule has 0 radical (unpaired) electrons. The Kier molecular flexibility index (Phi) is 5.21. The summed E-state index contributed by atoms with van der Waals surface area (Å²) in [6, 6.07) is 1.20. The summed E-state index contributed by atoms with van der Waals surface area (Å²) < 4.78 is 5.40. The molecule has 0 aromatic carbocycles. The smallest absolute Gasteiger partial charge is 0.410 e. The van der Waals surface area contributed by atoms with Crippen LogP contribution in [0.5, 0.6) is 0 Å². The lowest BCUT2D eigenvalue weighted by Crippen LogP contribution is -2.50. The maximum absolute atomic E-state index is 12.2. The van der Waals surface area contributed by atoms with E-state index in [-0.39, 0.29) is 11.8 Å². The Hall–Kier alpha value is -3.17. The minimum atomic E-state index is -0.528. The number of piperazine rings is 1. The molecule has 2 aliphatic heterocycles. The number of ether oxygens (including phenoxy) is 1. The highest BCUT2D eigenvalue weighted by Gasteiger charge is 2.30. The topological polar surface area (TPSA) is 108 Å². The number of carbonyl (C=O) groups excluding carboxylic acids is 3. The molecule has 2 aliphatic rings. The number of imide groups is 1. The van der Waals surface area contributed by atoms with Gasteiger partial charge in [-0.2, -0.15) is 0 Å². The number of aromatic nitrogens is 2. The predicted molar refractivity (Wildman–Crippen MR) is 101 cm³/mol. The fourth-order valence-electron chi connectivity index (χ4n) is 2.82. The number of hydrogen-bond acceptors (Lipinski definition) is 7. The van der Waals surface area contributed by atoms with Gasteiger partial charge in [0, 0.05) is 39.4 Å². The van der Waals surface area contributed by atoms with Crippen molar-refractivity contribution < 1.29 is 19.1 Å². The van der Waals surface area contributed by atoms with Crippen LogP contribution in [-0.2, 0) is 9.53 Å². The third-order valence-electron chi connectivity index (χ3n) is 4.28. The van der Waals surface area contributed by atoms with Gasteiger partial charge in [-0.05, 0) is 32.9 Å². The van der Waals surface area contributed by atoms with Gasteiger partial charge in [0.1, 0.15) is 11.3 Å². The average molecular weight is 388 g/mol. The zero-order valence-electron chi connectivity index (χ0n) is 16.4. The minimum Gasteiger partial charge on any atom is -0.444 e. The van der Waals surface area contributed by atoms with E-state index in [1.165, 1.54) is 11.9 Å². The second kappa shape index (κ2) is 7.45. The molecule has 28 heavy (non-hydrogen) atoms. The number of rotatable bonds is 2. The van der Waals surface area contributed by atoms with Crippen molar-refractivity contribution in [2.45, 2.75) is 26.4 Å². The molecule has 0 saturated carbocycles. The molecule has 10 heteroatoms. The minimum absolute atomic E-state index is 0.226. The van der Waals surface area contributed by atoms with Crippen molar-refractivity contribution in [3.63, 3.8) is 0 Å². The molecule has 2 saturated heterocycles. The summed E-state index contributed by atoms with van der Waals surface area (Å²) in [6.07, 6.45) is 2.82. The summed E-state index contributed by atoms with van der Waals surface area (Å²) in [6.45, 7) is 7.66. The number of hydrogen-bond donors (Lipinski definition) is 1. The van der Waals surface area contributed by atoms with Gasteiger partial charge in [0.05, 0.1) is 5.69 Å². The average Bonchev–Trinajstić information content (AvgIpc) is 2.87. The lowest BCUT2D eigenvalue weighted by molar-refractivity contribution is -0.115. The first-order valence-electron chi connectivity index (χ1n) is 9.01. The second-order valence-electron chi connectivity index (χ2n) is 7.58. The van der Waals surface area contributed by atoms with E-state index in [0.717, 1.165) is 0 Å². The molecule has 0 aliphatic carbocycles. The van der Waals surface area contributed by atoms with Crippen molar-refractivity contribution in [1.29, 1.82) is 0 Å². The van der Waals surface area contributed by atoms with Crippen LogP contribution in [-0.4, -0.2) is 76.6 Å². The summed E-state index contributed by atoms with van der Waals surface area (Å²) >= 11 is 0. The summed E-state index contributed by atoms with van der Waals surface area (Å²) in [5.74, 6) is 0.0456. The van der Waals surface area contributed by atoms with Gasteiger partial charge in [-0.1, -0.05) is 0 Å². The zero-order chi connectivity index (χ0) is 20.5. The van der Waals surface area contributed by atoms with Gasteiger partial charge in [-0.3, -0.25) is 15.0 Å². The van der Waals surface area contributed by atoms with Crippen LogP contribution in [0.3, 0.4) is 0 Å². The summed E-state index contributed by atoms with van der Waals surface area (Å²) in [4.78, 5) is 49.2. The molecule has 1 aromatic heterocycles. The number of nitrogens with zero attached hydrogens (tertiary/aromatic N) is 5. The molecule has 3 rings (SSSR count). The van der Waals surface area contributed by atoms with E-state index >= 15 is 0 Å². The quantitative estimate of drug-likeness (QED) is 0.596. The molecule has 1 aromatic rings. The molecular formula is C18H24N6O4. The zero-order valence-corrected chi connectivity index (χ0v) is 16.4. The van der Waals surface area contributed by atoms with E-state index < -0.39 is 17.5 Å². The lowest BCUT2D eigenvalue weighted by atomic mass is 10.2. The number of urea groups is 1. The Morgan fingerprint density at radius 3 is 2.46 bits per heavy atom. The number of anilines is 1. The Bertz CT molecular complexity index is 824. The van der Waals surface area contributed by atoms with Crippen LogP contribution in [0.15, 0.2) is 18.0 Å². The van der Waals surface area contributed by atoms with Crippen LogP contribution in [0.25, 0.3) is 6.08 Å². The standard InChI is InChI=1S/C18H24N6O4/c1-18(2,3)28-17(27)24-9-7-23(8-10-24)15-19-6-5-12(20-15)11-13-14(25)21-16(26)22(13)4/h5-6,11H,7-10H2,1-4H3,(H,21,25,26). The van der Waals surface area contributed by atoms with E-state index in [1.807, 2.05) is 25.7 Å². The summed E-state index contributed by atoms with van der Waals surface area (Å²) in [5, 5.41) is 2.22. The van der Waals surface area contributed by atoms with Crippen molar-refractivity contribution >= 4 is 30.1 Å². The summed E-state index contributed by atoms with van der Waals surface area (Å²) in [7, 11) is 1.52. The van der Waals surface area contributed by atoms with Crippen molar-refractivity contribution in [2.24, 2.45) is 0 Å². The highest BCUT2D eigenvalue weighted by atomic mass is 16.6.